The van der Waals surface area contributed by atoms with Crippen LogP contribution >= 0.6 is 15.9 Å². The molecule has 0 N–H and O–H groups in total. The van der Waals surface area contributed by atoms with Crippen molar-refractivity contribution < 1.29 is 0 Å². The van der Waals surface area contributed by atoms with Gasteiger partial charge < -0.3 is 0 Å². The zero-order chi connectivity index (χ0) is 12.1. The summed E-state index contributed by atoms with van der Waals surface area (Å²) in [5.74, 6) is 0. The summed E-state index contributed by atoms with van der Waals surface area (Å²) in [7, 11) is 2.11. The van der Waals surface area contributed by atoms with Crippen molar-refractivity contribution in [1.82, 2.24) is 9.88 Å². The Morgan fingerprint density at radius 3 is 2.71 bits per heavy atom. The van der Waals surface area contributed by atoms with Crippen molar-refractivity contribution in [2.45, 2.75) is 13.1 Å². The van der Waals surface area contributed by atoms with Gasteiger partial charge in [0.25, 0.3) is 0 Å². The number of rotatable bonds is 4. The predicted molar refractivity (Wildman–Crippen MR) is 73.6 cm³/mol. The molecule has 0 radical (unpaired) electrons. The van der Waals surface area contributed by atoms with Gasteiger partial charge in [-0.3, -0.25) is 9.88 Å². The Bertz CT molecular complexity index is 471. The third-order valence-corrected chi connectivity index (χ3v) is 2.99. The average molecular weight is 291 g/mol. The SMILES string of the molecule is CN(Cc1cccc(Br)c1)Cc1ccccn1. The van der Waals surface area contributed by atoms with Crippen molar-refractivity contribution in [2.24, 2.45) is 0 Å². The van der Waals surface area contributed by atoms with Crippen molar-refractivity contribution >= 4 is 15.9 Å². The Balaban J connectivity index is 1.96. The summed E-state index contributed by atoms with van der Waals surface area (Å²) >= 11 is 3.49. The second kappa shape index (κ2) is 5.94. The molecule has 0 unspecified atom stereocenters. The molecule has 2 aromatic rings. The first-order valence-electron chi connectivity index (χ1n) is 5.57. The summed E-state index contributed by atoms with van der Waals surface area (Å²) < 4.78 is 1.13. The predicted octanol–water partition coefficient (Wildman–Crippen LogP) is 3.48. The average Bonchev–Trinajstić information content (AvgIpc) is 2.30. The molecule has 17 heavy (non-hydrogen) atoms. The van der Waals surface area contributed by atoms with E-state index in [2.05, 4.69) is 57.1 Å². The summed E-state index contributed by atoms with van der Waals surface area (Å²) in [5, 5.41) is 0. The lowest BCUT2D eigenvalue weighted by molar-refractivity contribution is 0.315. The number of hydrogen-bond acceptors (Lipinski definition) is 2. The summed E-state index contributed by atoms with van der Waals surface area (Å²) in [4.78, 5) is 6.58. The Morgan fingerprint density at radius 2 is 2.00 bits per heavy atom. The summed E-state index contributed by atoms with van der Waals surface area (Å²) in [6.07, 6.45) is 1.84. The van der Waals surface area contributed by atoms with E-state index in [0.717, 1.165) is 23.3 Å². The highest BCUT2D eigenvalue weighted by molar-refractivity contribution is 9.10. The smallest absolute Gasteiger partial charge is 0.0543 e. The lowest BCUT2D eigenvalue weighted by atomic mass is 10.2. The van der Waals surface area contributed by atoms with Crippen LogP contribution in [0.1, 0.15) is 11.3 Å². The topological polar surface area (TPSA) is 16.1 Å². The molecule has 0 saturated heterocycles. The van der Waals surface area contributed by atoms with Crippen LogP contribution in [0.15, 0.2) is 53.1 Å². The quantitative estimate of drug-likeness (QED) is 0.857. The molecule has 0 atom stereocenters. The van der Waals surface area contributed by atoms with Crippen molar-refractivity contribution in [3.8, 4) is 0 Å². The van der Waals surface area contributed by atoms with E-state index in [1.807, 2.05) is 24.4 Å². The molecule has 2 nitrogen and oxygen atoms in total. The third-order valence-electron chi connectivity index (χ3n) is 2.50. The van der Waals surface area contributed by atoms with E-state index in [0.29, 0.717) is 0 Å². The van der Waals surface area contributed by atoms with Crippen LogP contribution in [0.25, 0.3) is 0 Å². The van der Waals surface area contributed by atoms with E-state index in [1.54, 1.807) is 0 Å². The zero-order valence-electron chi connectivity index (χ0n) is 9.81. The van der Waals surface area contributed by atoms with Gasteiger partial charge in [-0.25, -0.2) is 0 Å². The van der Waals surface area contributed by atoms with Gasteiger partial charge in [-0.1, -0.05) is 34.1 Å². The zero-order valence-corrected chi connectivity index (χ0v) is 11.4. The molecule has 88 valence electrons. The van der Waals surface area contributed by atoms with Gasteiger partial charge in [0.1, 0.15) is 0 Å². The van der Waals surface area contributed by atoms with Crippen LogP contribution < -0.4 is 0 Å². The fourth-order valence-electron chi connectivity index (χ4n) is 1.77. The number of halogens is 1. The Kier molecular flexibility index (Phi) is 4.29. The highest BCUT2D eigenvalue weighted by Gasteiger charge is 2.02. The number of nitrogens with zero attached hydrogens (tertiary/aromatic N) is 2. The van der Waals surface area contributed by atoms with E-state index in [9.17, 15) is 0 Å². The first-order valence-corrected chi connectivity index (χ1v) is 6.36. The van der Waals surface area contributed by atoms with E-state index < -0.39 is 0 Å². The highest BCUT2D eigenvalue weighted by atomic mass is 79.9. The summed E-state index contributed by atoms with van der Waals surface area (Å²) in [6.45, 7) is 1.80. The van der Waals surface area contributed by atoms with Gasteiger partial charge in [0.15, 0.2) is 0 Å². The minimum absolute atomic E-state index is 0.868. The molecule has 1 heterocycles. The number of benzene rings is 1. The minimum Gasteiger partial charge on any atom is -0.296 e. The molecule has 1 aromatic heterocycles. The standard InChI is InChI=1S/C14H15BrN2/c1-17(11-14-7-2-3-8-16-14)10-12-5-4-6-13(15)9-12/h2-9H,10-11H2,1H3. The normalized spacial score (nSPS) is 10.8. The maximum atomic E-state index is 4.33. The molecule has 3 heteroatoms. The van der Waals surface area contributed by atoms with Crippen LogP contribution in [0.5, 0.6) is 0 Å². The van der Waals surface area contributed by atoms with Crippen LogP contribution in [-0.2, 0) is 13.1 Å². The molecule has 0 spiro atoms. The van der Waals surface area contributed by atoms with Gasteiger partial charge in [-0.15, -0.1) is 0 Å². The van der Waals surface area contributed by atoms with Crippen LogP contribution in [0.4, 0.5) is 0 Å². The minimum atomic E-state index is 0.868. The second-order valence-corrected chi connectivity index (χ2v) is 5.04. The fraction of sp³-hybridized carbons (Fsp3) is 0.214. The third kappa shape index (κ3) is 3.95. The Labute approximate surface area is 110 Å². The van der Waals surface area contributed by atoms with Gasteiger partial charge in [0, 0.05) is 23.8 Å². The molecular formula is C14H15BrN2. The van der Waals surface area contributed by atoms with Gasteiger partial charge >= 0.3 is 0 Å². The van der Waals surface area contributed by atoms with E-state index >= 15 is 0 Å². The molecule has 0 aliphatic carbocycles. The van der Waals surface area contributed by atoms with Gasteiger partial charge in [0.05, 0.1) is 5.69 Å². The largest absolute Gasteiger partial charge is 0.296 e. The maximum Gasteiger partial charge on any atom is 0.0543 e. The number of pyridine rings is 1. The molecule has 0 aliphatic heterocycles. The second-order valence-electron chi connectivity index (χ2n) is 4.12. The number of aromatic nitrogens is 1. The van der Waals surface area contributed by atoms with E-state index in [4.69, 9.17) is 0 Å². The molecule has 0 aliphatic rings. The molecular weight excluding hydrogens is 276 g/mol. The first-order chi connectivity index (χ1) is 8.24. The maximum absolute atomic E-state index is 4.33. The monoisotopic (exact) mass is 290 g/mol. The lowest BCUT2D eigenvalue weighted by Gasteiger charge is -2.16. The molecule has 0 saturated carbocycles. The van der Waals surface area contributed by atoms with Crippen molar-refractivity contribution in [3.05, 3.63) is 64.4 Å². The summed E-state index contributed by atoms with van der Waals surface area (Å²) in [6, 6.07) is 14.4. The molecule has 0 bridgehead atoms. The van der Waals surface area contributed by atoms with Crippen LogP contribution in [0.3, 0.4) is 0 Å². The molecule has 0 amide bonds. The van der Waals surface area contributed by atoms with E-state index in [-0.39, 0.29) is 0 Å². The van der Waals surface area contributed by atoms with Crippen molar-refractivity contribution in [3.63, 3.8) is 0 Å². The Morgan fingerprint density at radius 1 is 1.12 bits per heavy atom. The van der Waals surface area contributed by atoms with Crippen LogP contribution in [0, 0.1) is 0 Å². The first kappa shape index (κ1) is 12.3. The summed E-state index contributed by atoms with van der Waals surface area (Å²) in [5.41, 5.74) is 2.41. The van der Waals surface area contributed by atoms with Crippen molar-refractivity contribution in [1.29, 1.82) is 0 Å². The molecule has 2 rings (SSSR count). The van der Waals surface area contributed by atoms with Crippen LogP contribution in [-0.4, -0.2) is 16.9 Å². The van der Waals surface area contributed by atoms with Gasteiger partial charge in [-0.2, -0.15) is 0 Å². The van der Waals surface area contributed by atoms with Crippen molar-refractivity contribution in [2.75, 3.05) is 7.05 Å². The molecule has 0 fully saturated rings. The fourth-order valence-corrected chi connectivity index (χ4v) is 2.22. The van der Waals surface area contributed by atoms with E-state index in [1.165, 1.54) is 5.56 Å². The number of hydrogen-bond donors (Lipinski definition) is 0. The van der Waals surface area contributed by atoms with Gasteiger partial charge in [0.2, 0.25) is 0 Å². The lowest BCUT2D eigenvalue weighted by Crippen LogP contribution is -2.17. The van der Waals surface area contributed by atoms with Crippen LogP contribution in [0.2, 0.25) is 0 Å². The highest BCUT2D eigenvalue weighted by Crippen LogP contribution is 2.13. The molecule has 1 aromatic carbocycles. The van der Waals surface area contributed by atoms with Gasteiger partial charge in [-0.05, 0) is 36.9 Å². The Hall–Kier alpha value is -1.19.